The third kappa shape index (κ3) is 4.35. The third-order valence-corrected chi connectivity index (χ3v) is 3.19. The van der Waals surface area contributed by atoms with Gasteiger partial charge in [0, 0.05) is 11.6 Å². The highest BCUT2D eigenvalue weighted by Gasteiger charge is 2.25. The van der Waals surface area contributed by atoms with E-state index in [4.69, 9.17) is 14.2 Å². The van der Waals surface area contributed by atoms with E-state index in [9.17, 15) is 13.6 Å². The Balaban J connectivity index is 2.20. The maximum absolute atomic E-state index is 14.1. The molecule has 22 heavy (non-hydrogen) atoms. The lowest BCUT2D eigenvalue weighted by Gasteiger charge is -2.16. The van der Waals surface area contributed by atoms with Gasteiger partial charge >= 0.3 is 5.97 Å². The van der Waals surface area contributed by atoms with Crippen LogP contribution in [0, 0.1) is 11.6 Å². The Hall–Kier alpha value is -1.79. The van der Waals surface area contributed by atoms with Gasteiger partial charge in [0.2, 0.25) is 0 Å². The number of halogens is 2. The lowest BCUT2D eigenvalue weighted by atomic mass is 10.0. The van der Waals surface area contributed by atoms with E-state index in [1.54, 1.807) is 13.8 Å². The molecule has 1 aliphatic rings. The van der Waals surface area contributed by atoms with Gasteiger partial charge in [-0.3, -0.25) is 0 Å². The molecule has 0 spiro atoms. The quantitative estimate of drug-likeness (QED) is 0.441. The van der Waals surface area contributed by atoms with E-state index < -0.39 is 23.7 Å². The van der Waals surface area contributed by atoms with Crippen LogP contribution < -0.4 is 0 Å². The van der Waals surface area contributed by atoms with Crippen molar-refractivity contribution in [2.45, 2.75) is 26.1 Å². The van der Waals surface area contributed by atoms with E-state index in [0.29, 0.717) is 18.8 Å². The van der Waals surface area contributed by atoms with Gasteiger partial charge in [0.25, 0.3) is 0 Å². The zero-order chi connectivity index (χ0) is 16.1. The molecule has 1 fully saturated rings. The van der Waals surface area contributed by atoms with Gasteiger partial charge in [0.15, 0.2) is 11.6 Å². The topological polar surface area (TPSA) is 48.1 Å². The van der Waals surface area contributed by atoms with E-state index in [2.05, 4.69) is 0 Å². The van der Waals surface area contributed by atoms with Crippen molar-refractivity contribution in [2.75, 3.05) is 19.8 Å². The molecule has 120 valence electrons. The summed E-state index contributed by atoms with van der Waals surface area (Å²) in [5.41, 5.74) is 0.442. The summed E-state index contributed by atoms with van der Waals surface area (Å²) in [5, 5.41) is 0. The monoisotopic (exact) mass is 312 g/mol. The van der Waals surface area contributed by atoms with E-state index in [-0.39, 0.29) is 18.3 Å². The highest BCUT2D eigenvalue weighted by Crippen LogP contribution is 2.28. The number of ether oxygens (including phenoxy) is 3. The van der Waals surface area contributed by atoms with Gasteiger partial charge in [0.05, 0.1) is 25.9 Å². The Labute approximate surface area is 127 Å². The first-order valence-corrected chi connectivity index (χ1v) is 7.08. The van der Waals surface area contributed by atoms with Crippen LogP contribution in [0.3, 0.4) is 0 Å². The van der Waals surface area contributed by atoms with Gasteiger partial charge in [0.1, 0.15) is 6.10 Å². The first kappa shape index (κ1) is 16.6. The molecule has 0 saturated carbocycles. The normalized spacial score (nSPS) is 18.5. The van der Waals surface area contributed by atoms with Crippen molar-refractivity contribution in [3.05, 3.63) is 41.0 Å². The SMILES string of the molecule is CCOC(=O)/C=C/c1ccc(F)c(F)c1C(C)OC[C@H]1CO1. The molecule has 2 rings (SSSR count). The Bertz CT molecular complexity index is 568. The van der Waals surface area contributed by atoms with Crippen molar-refractivity contribution in [2.24, 2.45) is 0 Å². The fraction of sp³-hybridized carbons (Fsp3) is 0.438. The first-order chi connectivity index (χ1) is 10.5. The van der Waals surface area contributed by atoms with Crippen LogP contribution in [-0.4, -0.2) is 31.9 Å². The summed E-state index contributed by atoms with van der Waals surface area (Å²) in [6, 6.07) is 2.41. The van der Waals surface area contributed by atoms with Crippen LogP contribution in [0.4, 0.5) is 8.78 Å². The fourth-order valence-electron chi connectivity index (χ4n) is 1.99. The van der Waals surface area contributed by atoms with Crippen LogP contribution in [0.2, 0.25) is 0 Å². The molecule has 0 aliphatic carbocycles. The lowest BCUT2D eigenvalue weighted by Crippen LogP contribution is -2.10. The number of hydrogen-bond acceptors (Lipinski definition) is 4. The fourth-order valence-corrected chi connectivity index (χ4v) is 1.99. The molecular formula is C16H18F2O4. The zero-order valence-electron chi connectivity index (χ0n) is 12.5. The Kier molecular flexibility index (Phi) is 5.63. The largest absolute Gasteiger partial charge is 0.463 e. The number of epoxide rings is 1. The maximum atomic E-state index is 14.1. The van der Waals surface area contributed by atoms with Crippen LogP contribution in [-0.2, 0) is 19.0 Å². The number of carbonyl (C=O) groups is 1. The Morgan fingerprint density at radius 3 is 2.86 bits per heavy atom. The highest BCUT2D eigenvalue weighted by atomic mass is 19.2. The summed E-state index contributed by atoms with van der Waals surface area (Å²) in [5.74, 6) is -2.48. The lowest BCUT2D eigenvalue weighted by molar-refractivity contribution is -0.137. The predicted molar refractivity (Wildman–Crippen MR) is 76.1 cm³/mol. The smallest absolute Gasteiger partial charge is 0.330 e. The zero-order valence-corrected chi connectivity index (χ0v) is 12.5. The molecule has 0 amide bonds. The summed E-state index contributed by atoms with van der Waals surface area (Å²) in [4.78, 5) is 11.3. The summed E-state index contributed by atoms with van der Waals surface area (Å²) in [6.07, 6.45) is 1.93. The molecule has 0 aromatic heterocycles. The summed E-state index contributed by atoms with van der Waals surface area (Å²) in [7, 11) is 0. The molecule has 1 aromatic carbocycles. The molecular weight excluding hydrogens is 294 g/mol. The van der Waals surface area contributed by atoms with E-state index in [1.165, 1.54) is 18.2 Å². The molecule has 1 aromatic rings. The van der Waals surface area contributed by atoms with E-state index >= 15 is 0 Å². The molecule has 1 saturated heterocycles. The van der Waals surface area contributed by atoms with Gasteiger partial charge in [-0.1, -0.05) is 6.07 Å². The predicted octanol–water partition coefficient (Wildman–Crippen LogP) is 3.02. The standard InChI is InChI=1S/C16H18F2O4/c1-3-20-14(19)7-5-11-4-6-13(17)16(18)15(11)10(2)21-8-12-9-22-12/h4-7,10,12H,3,8-9H2,1-2H3/b7-5+/t10?,12-/m0/s1. The number of carbonyl (C=O) groups excluding carboxylic acids is 1. The molecule has 1 aliphatic heterocycles. The van der Waals surface area contributed by atoms with Crippen LogP contribution in [0.25, 0.3) is 6.08 Å². The third-order valence-electron chi connectivity index (χ3n) is 3.19. The molecule has 2 atom stereocenters. The van der Waals surface area contributed by atoms with Crippen molar-refractivity contribution in [1.82, 2.24) is 0 Å². The minimum atomic E-state index is -0.977. The first-order valence-electron chi connectivity index (χ1n) is 7.08. The van der Waals surface area contributed by atoms with Gasteiger partial charge in [-0.05, 0) is 31.6 Å². The van der Waals surface area contributed by atoms with Crippen LogP contribution in [0.5, 0.6) is 0 Å². The van der Waals surface area contributed by atoms with E-state index in [1.807, 2.05) is 0 Å². The molecule has 1 heterocycles. The molecule has 4 nitrogen and oxygen atoms in total. The molecule has 0 radical (unpaired) electrons. The van der Waals surface area contributed by atoms with Crippen molar-refractivity contribution in [3.63, 3.8) is 0 Å². The minimum Gasteiger partial charge on any atom is -0.463 e. The molecule has 1 unspecified atom stereocenters. The number of esters is 1. The van der Waals surface area contributed by atoms with Gasteiger partial charge in [-0.25, -0.2) is 13.6 Å². The highest BCUT2D eigenvalue weighted by molar-refractivity contribution is 5.87. The van der Waals surface area contributed by atoms with Gasteiger partial charge in [-0.15, -0.1) is 0 Å². The average Bonchev–Trinajstić information content (AvgIpc) is 3.30. The number of rotatable bonds is 7. The Morgan fingerprint density at radius 1 is 1.50 bits per heavy atom. The average molecular weight is 312 g/mol. The number of hydrogen-bond donors (Lipinski definition) is 0. The summed E-state index contributed by atoms with van der Waals surface area (Å²) in [6.45, 7) is 4.49. The van der Waals surface area contributed by atoms with Crippen molar-refractivity contribution < 1.29 is 27.8 Å². The van der Waals surface area contributed by atoms with Crippen molar-refractivity contribution in [3.8, 4) is 0 Å². The maximum Gasteiger partial charge on any atom is 0.330 e. The second kappa shape index (κ2) is 7.47. The van der Waals surface area contributed by atoms with Crippen molar-refractivity contribution in [1.29, 1.82) is 0 Å². The summed E-state index contributed by atoms with van der Waals surface area (Å²) < 4.78 is 42.8. The van der Waals surface area contributed by atoms with Gasteiger partial charge in [-0.2, -0.15) is 0 Å². The minimum absolute atomic E-state index is 0.0256. The van der Waals surface area contributed by atoms with Gasteiger partial charge < -0.3 is 14.2 Å². The second-order valence-electron chi connectivity index (χ2n) is 4.88. The molecule has 0 N–H and O–H groups in total. The number of benzene rings is 1. The van der Waals surface area contributed by atoms with Crippen LogP contribution in [0.15, 0.2) is 18.2 Å². The molecule has 6 heteroatoms. The second-order valence-corrected chi connectivity index (χ2v) is 4.88. The molecule has 0 bridgehead atoms. The summed E-state index contributed by atoms with van der Waals surface area (Å²) >= 11 is 0. The Morgan fingerprint density at radius 2 is 2.23 bits per heavy atom. The van der Waals surface area contributed by atoms with Crippen LogP contribution >= 0.6 is 0 Å². The van der Waals surface area contributed by atoms with E-state index in [0.717, 1.165) is 6.07 Å². The van der Waals surface area contributed by atoms with Crippen LogP contribution in [0.1, 0.15) is 31.1 Å². The van der Waals surface area contributed by atoms with Crippen molar-refractivity contribution >= 4 is 12.0 Å².